The molecule has 0 atom stereocenters. The van der Waals surface area contributed by atoms with Gasteiger partial charge in [0, 0.05) is 12.7 Å². The fourth-order valence-electron chi connectivity index (χ4n) is 1.19. The van der Waals surface area contributed by atoms with Gasteiger partial charge in [0.05, 0.1) is 0 Å². The van der Waals surface area contributed by atoms with E-state index >= 15 is 0 Å². The van der Waals surface area contributed by atoms with Crippen LogP contribution < -0.4 is 0 Å². The Morgan fingerprint density at radius 3 is 1.57 bits per heavy atom. The third kappa shape index (κ3) is 4.20. The van der Waals surface area contributed by atoms with Gasteiger partial charge in [0.15, 0.2) is 0 Å². The van der Waals surface area contributed by atoms with Crippen molar-refractivity contribution in [1.82, 2.24) is 0 Å². The summed E-state index contributed by atoms with van der Waals surface area (Å²) in [6, 6.07) is 0. The van der Waals surface area contributed by atoms with E-state index in [0.717, 1.165) is 22.6 Å². The molecule has 0 aliphatic carbocycles. The molecule has 138 valence electrons. The number of alkyl halides is 11. The Kier molecular flexibility index (Phi) is 6.78. The zero-order chi connectivity index (χ0) is 18.9. The molecule has 0 aromatic rings. The van der Waals surface area contributed by atoms with Gasteiger partial charge in [0.1, 0.15) is 0 Å². The summed E-state index contributed by atoms with van der Waals surface area (Å²) in [6.45, 7) is -0.579. The maximum absolute atomic E-state index is 13.2. The summed E-state index contributed by atoms with van der Waals surface area (Å²) >= 11 is 0.977. The lowest BCUT2D eigenvalue weighted by Crippen LogP contribution is -2.66. The van der Waals surface area contributed by atoms with E-state index in [1.54, 1.807) is 0 Å². The highest BCUT2D eigenvalue weighted by Crippen LogP contribution is 2.57. The molecule has 0 radical (unpaired) electrons. The van der Waals surface area contributed by atoms with E-state index in [-0.39, 0.29) is 6.42 Å². The summed E-state index contributed by atoms with van der Waals surface area (Å²) in [6.07, 6.45) is -8.73. The van der Waals surface area contributed by atoms with Crippen molar-refractivity contribution in [2.24, 2.45) is 0 Å². The largest absolute Gasteiger partial charge is 0.460 e. The van der Waals surface area contributed by atoms with Gasteiger partial charge in [-0.3, -0.25) is 0 Å². The smallest absolute Gasteiger partial charge is 0.396 e. The number of hydrogen-bond acceptors (Lipinski definition) is 1. The highest BCUT2D eigenvalue weighted by molar-refractivity contribution is 14.1. The molecule has 0 aliphatic heterocycles. The number of allylic oxidation sites excluding steroid dienone is 2. The van der Waals surface area contributed by atoms with E-state index in [0.29, 0.717) is 0 Å². The van der Waals surface area contributed by atoms with Gasteiger partial charge in [-0.1, -0.05) is 0 Å². The van der Waals surface area contributed by atoms with Crippen molar-refractivity contribution in [1.29, 1.82) is 0 Å². The molecule has 0 unspecified atom stereocenters. The quantitative estimate of drug-likeness (QED) is 0.394. The number of rotatable bonds is 7. The first kappa shape index (κ1) is 22.7. The first-order chi connectivity index (χ1) is 9.95. The van der Waals surface area contributed by atoms with Crippen LogP contribution in [0.5, 0.6) is 0 Å². The molecular formula is C10H8F11IO. The molecule has 1 nitrogen and oxygen atoms in total. The molecule has 13 heteroatoms. The number of aliphatic hydroxyl groups excluding tert-OH is 1. The van der Waals surface area contributed by atoms with Crippen LogP contribution in [0.25, 0.3) is 0 Å². The third-order valence-electron chi connectivity index (χ3n) is 2.47. The zero-order valence-corrected chi connectivity index (χ0v) is 12.8. The molecule has 0 saturated carbocycles. The third-order valence-corrected chi connectivity index (χ3v) is 3.33. The fourth-order valence-corrected chi connectivity index (χ4v) is 1.96. The topological polar surface area (TPSA) is 20.2 Å². The Labute approximate surface area is 135 Å². The van der Waals surface area contributed by atoms with Gasteiger partial charge in [-0.2, -0.15) is 48.3 Å². The second-order valence-electron chi connectivity index (χ2n) is 4.26. The minimum Gasteiger partial charge on any atom is -0.396 e. The average Bonchev–Trinajstić information content (AvgIpc) is 2.33. The predicted octanol–water partition coefficient (Wildman–Crippen LogP) is 5.18. The molecule has 0 spiro atoms. The molecule has 0 saturated heterocycles. The van der Waals surface area contributed by atoms with Crippen molar-refractivity contribution in [3.8, 4) is 0 Å². The van der Waals surface area contributed by atoms with Crippen molar-refractivity contribution >= 4 is 22.6 Å². The highest BCUT2D eigenvalue weighted by atomic mass is 127. The van der Waals surface area contributed by atoms with Crippen LogP contribution in [0.2, 0.25) is 0 Å². The van der Waals surface area contributed by atoms with Gasteiger partial charge >= 0.3 is 29.9 Å². The van der Waals surface area contributed by atoms with E-state index in [9.17, 15) is 48.3 Å². The van der Waals surface area contributed by atoms with Gasteiger partial charge in [0.2, 0.25) is 0 Å². The van der Waals surface area contributed by atoms with Gasteiger partial charge in [-0.25, -0.2) is 0 Å². The molecular weight excluding hydrogens is 472 g/mol. The summed E-state index contributed by atoms with van der Waals surface area (Å²) < 4.78 is 138. The van der Waals surface area contributed by atoms with Crippen LogP contribution in [0.15, 0.2) is 9.66 Å². The maximum atomic E-state index is 13.2. The van der Waals surface area contributed by atoms with E-state index in [4.69, 9.17) is 5.11 Å². The summed E-state index contributed by atoms with van der Waals surface area (Å²) in [5, 5.41) is 8.39. The second-order valence-corrected chi connectivity index (χ2v) is 5.65. The Bertz CT molecular complexity index is 441. The SMILES string of the molecule is OCCCC(I)=CC(F)(F)C(F)(F)C(F)(F)C(F)(F)C(F)(F)F. The van der Waals surface area contributed by atoms with Crippen molar-refractivity contribution in [2.75, 3.05) is 6.61 Å². The Morgan fingerprint density at radius 1 is 0.783 bits per heavy atom. The standard InChI is InChI=1S/C10H8F11IO/c11-6(12,4-5(22)2-1-3-23)7(13,14)8(15,16)9(17,18)10(19,20)21/h4,23H,1-3H2. The van der Waals surface area contributed by atoms with Crippen LogP contribution in [0, 0.1) is 0 Å². The first-order valence-electron chi connectivity index (χ1n) is 5.51. The van der Waals surface area contributed by atoms with Crippen molar-refractivity contribution < 1.29 is 53.4 Å². The highest BCUT2D eigenvalue weighted by Gasteiger charge is 2.86. The molecule has 1 N–H and O–H groups in total. The molecule has 0 heterocycles. The van der Waals surface area contributed by atoms with E-state index in [1.165, 1.54) is 0 Å². The van der Waals surface area contributed by atoms with E-state index in [2.05, 4.69) is 0 Å². The average molecular weight is 480 g/mol. The zero-order valence-electron chi connectivity index (χ0n) is 10.7. The van der Waals surface area contributed by atoms with E-state index < -0.39 is 52.5 Å². The molecule has 0 aromatic carbocycles. The number of aliphatic hydroxyl groups is 1. The Morgan fingerprint density at radius 2 is 1.22 bits per heavy atom. The maximum Gasteiger partial charge on any atom is 0.460 e. The number of halogens is 12. The second kappa shape index (κ2) is 6.88. The molecule has 0 rings (SSSR count). The monoisotopic (exact) mass is 480 g/mol. The summed E-state index contributed by atoms with van der Waals surface area (Å²) in [4.78, 5) is 0. The molecule has 0 fully saturated rings. The van der Waals surface area contributed by atoms with Crippen molar-refractivity contribution in [3.63, 3.8) is 0 Å². The minimum atomic E-state index is -7.40. The molecule has 0 bridgehead atoms. The van der Waals surface area contributed by atoms with Gasteiger partial charge in [-0.15, -0.1) is 0 Å². The normalized spacial score (nSPS) is 16.0. The lowest BCUT2D eigenvalue weighted by Gasteiger charge is -2.36. The summed E-state index contributed by atoms with van der Waals surface area (Å²) in [5.41, 5.74) is 0. The minimum absolute atomic E-state index is 0.245. The van der Waals surface area contributed by atoms with Crippen LogP contribution in [0.4, 0.5) is 48.3 Å². The van der Waals surface area contributed by atoms with Crippen molar-refractivity contribution in [3.05, 3.63) is 9.66 Å². The lowest BCUT2D eigenvalue weighted by molar-refractivity contribution is -0.416. The van der Waals surface area contributed by atoms with Crippen LogP contribution in [0.1, 0.15) is 12.8 Å². The first-order valence-corrected chi connectivity index (χ1v) is 6.59. The summed E-state index contributed by atoms with van der Waals surface area (Å²) in [5.74, 6) is -27.8. The fraction of sp³-hybridized carbons (Fsp3) is 0.800. The van der Waals surface area contributed by atoms with Crippen LogP contribution in [-0.2, 0) is 0 Å². The van der Waals surface area contributed by atoms with Crippen LogP contribution in [0.3, 0.4) is 0 Å². The van der Waals surface area contributed by atoms with Crippen LogP contribution >= 0.6 is 22.6 Å². The van der Waals surface area contributed by atoms with Gasteiger partial charge in [-0.05, 0) is 39.0 Å². The molecule has 0 amide bonds. The molecule has 0 aromatic heterocycles. The number of hydrogen-bond donors (Lipinski definition) is 1. The van der Waals surface area contributed by atoms with Gasteiger partial charge < -0.3 is 5.11 Å². The summed E-state index contributed by atoms with van der Waals surface area (Å²) in [7, 11) is 0. The lowest BCUT2D eigenvalue weighted by atomic mass is 9.97. The van der Waals surface area contributed by atoms with Crippen LogP contribution in [-0.4, -0.2) is 41.6 Å². The molecule has 0 aliphatic rings. The Balaban J connectivity index is 5.85. The molecule has 23 heavy (non-hydrogen) atoms. The Hall–Kier alpha value is -0.340. The van der Waals surface area contributed by atoms with Crippen molar-refractivity contribution in [2.45, 2.75) is 42.7 Å². The predicted molar refractivity (Wildman–Crippen MR) is 64.3 cm³/mol. The van der Waals surface area contributed by atoms with Gasteiger partial charge in [0.25, 0.3) is 0 Å². The van der Waals surface area contributed by atoms with E-state index in [1.807, 2.05) is 0 Å².